The maximum atomic E-state index is 12.4. The molecule has 0 spiro atoms. The number of aromatic amines is 2. The standard InChI is InChI=1S/C20H19N5O3S/c26-17-4-8-24(19-15-1-5-21-20(15)22-10-16(17)19)14-2-6-23(7-3-14)11-13-9-18(25(27)28)29-12-13/h1,4-5,8-10,12,14H,2-3,6-7,11H2,(H,21,22)/p+1. The molecule has 0 bridgehead atoms. The van der Waals surface area contributed by atoms with Gasteiger partial charge in [-0.1, -0.05) is 11.3 Å². The number of rotatable bonds is 4. The molecule has 1 aliphatic rings. The van der Waals surface area contributed by atoms with E-state index < -0.39 is 0 Å². The highest BCUT2D eigenvalue weighted by Gasteiger charge is 2.24. The van der Waals surface area contributed by atoms with E-state index in [0.29, 0.717) is 11.4 Å². The zero-order chi connectivity index (χ0) is 20.0. The van der Waals surface area contributed by atoms with Crippen LogP contribution in [0.25, 0.3) is 21.9 Å². The molecule has 1 fully saturated rings. The van der Waals surface area contributed by atoms with Gasteiger partial charge < -0.3 is 4.57 Å². The number of hydrogen-bond acceptors (Lipinski definition) is 5. The van der Waals surface area contributed by atoms with Gasteiger partial charge in [-0.3, -0.25) is 19.8 Å². The van der Waals surface area contributed by atoms with E-state index in [0.717, 1.165) is 54.6 Å². The minimum absolute atomic E-state index is 0.0205. The van der Waals surface area contributed by atoms with E-state index >= 15 is 0 Å². The van der Waals surface area contributed by atoms with E-state index in [1.165, 1.54) is 11.3 Å². The molecule has 2 N–H and O–H groups in total. The van der Waals surface area contributed by atoms with Crippen LogP contribution in [0.4, 0.5) is 5.00 Å². The van der Waals surface area contributed by atoms with Gasteiger partial charge >= 0.3 is 5.00 Å². The number of fused-ring (bicyclic) bond motifs is 3. The number of piperidine rings is 1. The largest absolute Gasteiger partial charge is 0.343 e. The van der Waals surface area contributed by atoms with Gasteiger partial charge in [0.1, 0.15) is 6.20 Å². The number of nitro groups is 1. The van der Waals surface area contributed by atoms with Crippen molar-refractivity contribution in [3.05, 3.63) is 68.1 Å². The highest BCUT2D eigenvalue weighted by atomic mass is 32.1. The van der Waals surface area contributed by atoms with Crippen LogP contribution in [-0.4, -0.2) is 32.5 Å². The Morgan fingerprint density at radius 2 is 2.10 bits per heavy atom. The molecule has 5 rings (SSSR count). The smallest absolute Gasteiger partial charge is 0.324 e. The molecule has 1 saturated heterocycles. The van der Waals surface area contributed by atoms with E-state index in [4.69, 9.17) is 0 Å². The molecule has 0 aromatic carbocycles. The Hall–Kier alpha value is -3.04. The molecule has 29 heavy (non-hydrogen) atoms. The summed E-state index contributed by atoms with van der Waals surface area (Å²) < 4.78 is 2.24. The third-order valence-corrected chi connectivity index (χ3v) is 6.63. The molecular formula is C20H20N5O3S+. The molecule has 0 amide bonds. The Kier molecular flexibility index (Phi) is 4.40. The lowest BCUT2D eigenvalue weighted by molar-refractivity contribution is -0.380. The Balaban J connectivity index is 1.39. The number of thiophene rings is 1. The average molecular weight is 410 g/mol. The van der Waals surface area contributed by atoms with Gasteiger partial charge in [0, 0.05) is 49.4 Å². The summed E-state index contributed by atoms with van der Waals surface area (Å²) in [5.74, 6) is 0. The van der Waals surface area contributed by atoms with Crippen LogP contribution in [0.3, 0.4) is 0 Å². The SMILES string of the molecule is O=c1ccn(C2CCN(Cc3csc([N+](=O)[O-])c3)CC2)c2c1c[nH+]c1[nH]ccc12. The molecule has 148 valence electrons. The summed E-state index contributed by atoms with van der Waals surface area (Å²) in [5, 5.41) is 14.7. The number of H-pyrrole nitrogens is 2. The number of nitrogens with one attached hydrogen (secondary N) is 2. The highest BCUT2D eigenvalue weighted by Crippen LogP contribution is 2.30. The van der Waals surface area contributed by atoms with Gasteiger partial charge in [0.15, 0.2) is 5.43 Å². The minimum Gasteiger partial charge on any atom is -0.343 e. The van der Waals surface area contributed by atoms with Crippen molar-refractivity contribution in [2.24, 2.45) is 0 Å². The number of likely N-dealkylation sites (tertiary alicyclic amines) is 1. The second kappa shape index (κ2) is 7.09. The molecule has 0 saturated carbocycles. The predicted molar refractivity (Wildman–Crippen MR) is 111 cm³/mol. The number of aromatic nitrogens is 3. The molecule has 0 aliphatic carbocycles. The van der Waals surface area contributed by atoms with Crippen molar-refractivity contribution in [1.82, 2.24) is 14.5 Å². The van der Waals surface area contributed by atoms with Crippen LogP contribution >= 0.6 is 11.3 Å². The van der Waals surface area contributed by atoms with Crippen LogP contribution in [0.5, 0.6) is 0 Å². The summed E-state index contributed by atoms with van der Waals surface area (Å²) in [6.07, 6.45) is 7.51. The van der Waals surface area contributed by atoms with Crippen LogP contribution in [0.15, 0.2) is 47.0 Å². The second-order valence-corrected chi connectivity index (χ2v) is 8.35. The quantitative estimate of drug-likeness (QED) is 0.413. The predicted octanol–water partition coefficient (Wildman–Crippen LogP) is 3.10. The zero-order valence-electron chi connectivity index (χ0n) is 15.6. The first-order valence-corrected chi connectivity index (χ1v) is 10.4. The lowest BCUT2D eigenvalue weighted by Gasteiger charge is -2.33. The zero-order valence-corrected chi connectivity index (χ0v) is 16.4. The van der Waals surface area contributed by atoms with Gasteiger partial charge in [-0.15, -0.1) is 0 Å². The average Bonchev–Trinajstić information content (AvgIpc) is 3.38. The molecule has 0 atom stereocenters. The maximum absolute atomic E-state index is 12.4. The summed E-state index contributed by atoms with van der Waals surface area (Å²) in [6, 6.07) is 5.63. The Morgan fingerprint density at radius 3 is 2.86 bits per heavy atom. The van der Waals surface area contributed by atoms with Crippen molar-refractivity contribution >= 4 is 38.3 Å². The first-order chi connectivity index (χ1) is 14.1. The van der Waals surface area contributed by atoms with Gasteiger partial charge in [0.25, 0.3) is 5.65 Å². The minimum atomic E-state index is -0.332. The Labute approximate surface area is 169 Å². The van der Waals surface area contributed by atoms with E-state index in [1.807, 2.05) is 23.8 Å². The van der Waals surface area contributed by atoms with Gasteiger partial charge in [0.05, 0.1) is 27.4 Å². The van der Waals surface area contributed by atoms with Crippen LogP contribution < -0.4 is 10.4 Å². The topological polar surface area (TPSA) is 98.3 Å². The first-order valence-electron chi connectivity index (χ1n) is 9.57. The molecular weight excluding hydrogens is 390 g/mol. The Morgan fingerprint density at radius 1 is 1.28 bits per heavy atom. The van der Waals surface area contributed by atoms with Crippen molar-refractivity contribution in [1.29, 1.82) is 0 Å². The van der Waals surface area contributed by atoms with Crippen molar-refractivity contribution in [2.75, 3.05) is 13.1 Å². The van der Waals surface area contributed by atoms with E-state index in [-0.39, 0.29) is 15.4 Å². The molecule has 8 nitrogen and oxygen atoms in total. The van der Waals surface area contributed by atoms with Gasteiger partial charge in [-0.05, 0) is 24.5 Å². The van der Waals surface area contributed by atoms with Crippen LogP contribution in [0.1, 0.15) is 24.4 Å². The summed E-state index contributed by atoms with van der Waals surface area (Å²) in [4.78, 5) is 31.6. The van der Waals surface area contributed by atoms with Crippen LogP contribution in [0, 0.1) is 10.1 Å². The fourth-order valence-corrected chi connectivity index (χ4v) is 5.00. The normalized spacial score (nSPS) is 16.0. The lowest BCUT2D eigenvalue weighted by Crippen LogP contribution is -2.34. The number of nitrogens with zero attached hydrogens (tertiary/aromatic N) is 3. The first kappa shape index (κ1) is 18.0. The lowest BCUT2D eigenvalue weighted by atomic mass is 10.0. The van der Waals surface area contributed by atoms with Gasteiger partial charge in [0.2, 0.25) is 0 Å². The van der Waals surface area contributed by atoms with Crippen molar-refractivity contribution in [2.45, 2.75) is 25.4 Å². The second-order valence-electron chi connectivity index (χ2n) is 7.46. The molecule has 9 heteroatoms. The fourth-order valence-electron chi connectivity index (χ4n) is 4.28. The van der Waals surface area contributed by atoms with E-state index in [1.54, 1.807) is 18.3 Å². The maximum Gasteiger partial charge on any atom is 0.324 e. The molecule has 1 aliphatic heterocycles. The van der Waals surface area contributed by atoms with Crippen LogP contribution in [-0.2, 0) is 6.54 Å². The molecule has 0 radical (unpaired) electrons. The highest BCUT2D eigenvalue weighted by molar-refractivity contribution is 7.13. The molecule has 0 unspecified atom stereocenters. The third-order valence-electron chi connectivity index (χ3n) is 5.70. The number of hydrogen-bond donors (Lipinski definition) is 1. The summed E-state index contributed by atoms with van der Waals surface area (Å²) in [7, 11) is 0. The molecule has 5 heterocycles. The van der Waals surface area contributed by atoms with Crippen molar-refractivity contribution in [3.8, 4) is 0 Å². The summed E-state index contributed by atoms with van der Waals surface area (Å²) in [5.41, 5.74) is 2.90. The van der Waals surface area contributed by atoms with Gasteiger partial charge in [-0.2, -0.15) is 0 Å². The van der Waals surface area contributed by atoms with E-state index in [2.05, 4.69) is 19.4 Å². The van der Waals surface area contributed by atoms with Crippen LogP contribution in [0.2, 0.25) is 0 Å². The summed E-state index contributed by atoms with van der Waals surface area (Å²) in [6.45, 7) is 2.56. The van der Waals surface area contributed by atoms with E-state index in [9.17, 15) is 14.9 Å². The molecule has 4 aromatic heterocycles. The Bertz CT molecular complexity index is 1270. The molecule has 4 aromatic rings. The van der Waals surface area contributed by atoms with Crippen molar-refractivity contribution < 1.29 is 9.91 Å². The third kappa shape index (κ3) is 3.22. The number of pyridine rings is 2. The van der Waals surface area contributed by atoms with Gasteiger partial charge in [-0.25, -0.2) is 9.97 Å². The monoisotopic (exact) mass is 410 g/mol. The summed E-state index contributed by atoms with van der Waals surface area (Å²) >= 11 is 1.18. The fraction of sp³-hybridized carbons (Fsp3) is 0.300. The van der Waals surface area contributed by atoms with Crippen molar-refractivity contribution in [3.63, 3.8) is 0 Å².